The average molecular weight is 254 g/mol. The Hall–Kier alpha value is -2.61. The van der Waals surface area contributed by atoms with Gasteiger partial charge in [-0.15, -0.1) is 0 Å². The van der Waals surface area contributed by atoms with Crippen LogP contribution in [0.25, 0.3) is 0 Å². The van der Waals surface area contributed by atoms with Gasteiger partial charge in [-0.2, -0.15) is 5.26 Å². The molecule has 1 heterocycles. The lowest BCUT2D eigenvalue weighted by Crippen LogP contribution is -2.06. The molecule has 2 aromatic rings. The first kappa shape index (κ1) is 12.8. The van der Waals surface area contributed by atoms with Crippen LogP contribution in [-0.2, 0) is 6.61 Å². The van der Waals surface area contributed by atoms with Crippen LogP contribution < -0.4 is 10.5 Å². The molecular weight excluding hydrogens is 240 g/mol. The Bertz CT molecular complexity index is 626. The Labute approximate surface area is 111 Å². The van der Waals surface area contributed by atoms with Gasteiger partial charge in [0.1, 0.15) is 29.8 Å². The van der Waals surface area contributed by atoms with Crippen LogP contribution in [0.4, 0.5) is 5.82 Å². The number of hydrogen-bond acceptors (Lipinski definition) is 5. The summed E-state index contributed by atoms with van der Waals surface area (Å²) in [5.74, 6) is 1.46. The van der Waals surface area contributed by atoms with Gasteiger partial charge >= 0.3 is 0 Å². The SMILES string of the molecule is Cc1cccc(C)c1OCc1ncc(C#N)c(N)n1. The zero-order chi connectivity index (χ0) is 13.8. The van der Waals surface area contributed by atoms with E-state index in [1.807, 2.05) is 38.1 Å². The highest BCUT2D eigenvalue weighted by molar-refractivity contribution is 5.46. The number of hydrogen-bond donors (Lipinski definition) is 1. The summed E-state index contributed by atoms with van der Waals surface area (Å²) in [6.07, 6.45) is 1.41. The lowest BCUT2D eigenvalue weighted by atomic mass is 10.1. The lowest BCUT2D eigenvalue weighted by molar-refractivity contribution is 0.292. The number of aromatic nitrogens is 2. The van der Waals surface area contributed by atoms with Gasteiger partial charge in [0.2, 0.25) is 0 Å². The molecule has 0 atom stereocenters. The van der Waals surface area contributed by atoms with E-state index in [0.717, 1.165) is 16.9 Å². The first-order valence-corrected chi connectivity index (χ1v) is 5.82. The molecule has 0 spiro atoms. The van der Waals surface area contributed by atoms with E-state index < -0.39 is 0 Å². The highest BCUT2D eigenvalue weighted by Crippen LogP contribution is 2.23. The number of nitrogen functional groups attached to an aromatic ring is 1. The highest BCUT2D eigenvalue weighted by atomic mass is 16.5. The first-order chi connectivity index (χ1) is 9.11. The summed E-state index contributed by atoms with van der Waals surface area (Å²) in [4.78, 5) is 8.08. The van der Waals surface area contributed by atoms with Gasteiger partial charge in [0.15, 0.2) is 5.82 Å². The molecule has 0 saturated carbocycles. The molecule has 0 aliphatic carbocycles. The van der Waals surface area contributed by atoms with Gasteiger partial charge in [-0.3, -0.25) is 0 Å². The van der Waals surface area contributed by atoms with E-state index in [0.29, 0.717) is 5.82 Å². The zero-order valence-corrected chi connectivity index (χ0v) is 10.8. The molecule has 1 aromatic heterocycles. The normalized spacial score (nSPS) is 9.95. The molecule has 0 amide bonds. The minimum Gasteiger partial charge on any atom is -0.485 e. The van der Waals surface area contributed by atoms with Gasteiger partial charge in [0.05, 0.1) is 6.20 Å². The van der Waals surface area contributed by atoms with Crippen LogP contribution in [0, 0.1) is 25.2 Å². The van der Waals surface area contributed by atoms with Crippen molar-refractivity contribution < 1.29 is 4.74 Å². The first-order valence-electron chi connectivity index (χ1n) is 5.82. The largest absolute Gasteiger partial charge is 0.485 e. The monoisotopic (exact) mass is 254 g/mol. The van der Waals surface area contributed by atoms with Crippen LogP contribution in [0.3, 0.4) is 0 Å². The number of anilines is 1. The van der Waals surface area contributed by atoms with Gasteiger partial charge in [-0.1, -0.05) is 18.2 Å². The molecule has 0 saturated heterocycles. The van der Waals surface area contributed by atoms with Crippen molar-refractivity contribution in [2.24, 2.45) is 0 Å². The van der Waals surface area contributed by atoms with E-state index in [1.54, 1.807) is 0 Å². The van der Waals surface area contributed by atoms with Gasteiger partial charge < -0.3 is 10.5 Å². The Morgan fingerprint density at radius 2 is 2.00 bits per heavy atom. The topological polar surface area (TPSA) is 84.8 Å². The Morgan fingerprint density at radius 1 is 1.32 bits per heavy atom. The van der Waals surface area contributed by atoms with Crippen molar-refractivity contribution in [1.82, 2.24) is 9.97 Å². The van der Waals surface area contributed by atoms with E-state index >= 15 is 0 Å². The molecule has 1 aromatic carbocycles. The molecule has 2 N–H and O–H groups in total. The van der Waals surface area contributed by atoms with E-state index in [4.69, 9.17) is 15.7 Å². The predicted molar refractivity (Wildman–Crippen MR) is 71.4 cm³/mol. The third kappa shape index (κ3) is 2.80. The third-order valence-electron chi connectivity index (χ3n) is 2.74. The fourth-order valence-electron chi connectivity index (χ4n) is 1.75. The van der Waals surface area contributed by atoms with Crippen LogP contribution in [0.2, 0.25) is 0 Å². The molecule has 5 heteroatoms. The molecule has 2 rings (SSSR count). The predicted octanol–water partition coefficient (Wildman–Crippen LogP) is 2.13. The summed E-state index contributed by atoms with van der Waals surface area (Å²) < 4.78 is 5.72. The molecule has 0 radical (unpaired) electrons. The molecular formula is C14H14N4O. The van der Waals surface area contributed by atoms with Gasteiger partial charge in [-0.05, 0) is 25.0 Å². The van der Waals surface area contributed by atoms with Crippen LogP contribution in [0.15, 0.2) is 24.4 Å². The minimum absolute atomic E-state index is 0.178. The second-order valence-corrected chi connectivity index (χ2v) is 4.21. The summed E-state index contributed by atoms with van der Waals surface area (Å²) in [6.45, 7) is 4.19. The summed E-state index contributed by atoms with van der Waals surface area (Å²) in [6, 6.07) is 7.87. The standard InChI is InChI=1S/C14H14N4O/c1-9-4-3-5-10(2)13(9)19-8-12-17-7-11(6-15)14(16)18-12/h3-5,7H,8H2,1-2H3,(H2,16,17,18). The Kier molecular flexibility index (Phi) is 3.62. The zero-order valence-electron chi connectivity index (χ0n) is 10.8. The van der Waals surface area contributed by atoms with Crippen LogP contribution >= 0.6 is 0 Å². The molecule has 0 aliphatic heterocycles. The smallest absolute Gasteiger partial charge is 0.168 e. The van der Waals surface area contributed by atoms with Crippen molar-refractivity contribution in [3.63, 3.8) is 0 Å². The summed E-state index contributed by atoms with van der Waals surface area (Å²) in [5, 5.41) is 8.75. The molecule has 0 bridgehead atoms. The minimum atomic E-state index is 0.178. The van der Waals surface area contributed by atoms with Crippen molar-refractivity contribution in [3.8, 4) is 11.8 Å². The summed E-state index contributed by atoms with van der Waals surface area (Å²) >= 11 is 0. The molecule has 96 valence electrons. The number of nitriles is 1. The lowest BCUT2D eigenvalue weighted by Gasteiger charge is -2.11. The summed E-state index contributed by atoms with van der Waals surface area (Å²) in [7, 11) is 0. The molecule has 0 unspecified atom stereocenters. The molecule has 5 nitrogen and oxygen atoms in total. The molecule has 19 heavy (non-hydrogen) atoms. The van der Waals surface area contributed by atoms with Gasteiger partial charge in [0.25, 0.3) is 0 Å². The van der Waals surface area contributed by atoms with E-state index in [-0.39, 0.29) is 18.0 Å². The maximum atomic E-state index is 8.75. The average Bonchev–Trinajstić information content (AvgIpc) is 2.38. The number of aryl methyl sites for hydroxylation is 2. The van der Waals surface area contributed by atoms with Crippen molar-refractivity contribution in [2.75, 3.05) is 5.73 Å². The van der Waals surface area contributed by atoms with Gasteiger partial charge in [-0.25, -0.2) is 9.97 Å². The number of nitrogens with zero attached hydrogens (tertiary/aromatic N) is 3. The maximum absolute atomic E-state index is 8.75. The van der Waals surface area contributed by atoms with E-state index in [1.165, 1.54) is 6.20 Å². The third-order valence-corrected chi connectivity index (χ3v) is 2.74. The fourth-order valence-corrected chi connectivity index (χ4v) is 1.75. The van der Waals surface area contributed by atoms with E-state index in [2.05, 4.69) is 9.97 Å². The number of nitrogens with two attached hydrogens (primary N) is 1. The second kappa shape index (κ2) is 5.36. The van der Waals surface area contributed by atoms with E-state index in [9.17, 15) is 0 Å². The highest BCUT2D eigenvalue weighted by Gasteiger charge is 2.07. The van der Waals surface area contributed by atoms with Crippen LogP contribution in [0.5, 0.6) is 5.75 Å². The van der Waals surface area contributed by atoms with Crippen molar-refractivity contribution in [1.29, 1.82) is 5.26 Å². The van der Waals surface area contributed by atoms with Gasteiger partial charge in [0, 0.05) is 0 Å². The van der Waals surface area contributed by atoms with Crippen molar-refractivity contribution >= 4 is 5.82 Å². The Morgan fingerprint density at radius 3 is 2.58 bits per heavy atom. The van der Waals surface area contributed by atoms with Crippen molar-refractivity contribution in [2.45, 2.75) is 20.5 Å². The second-order valence-electron chi connectivity index (χ2n) is 4.21. The van der Waals surface area contributed by atoms with Crippen LogP contribution in [-0.4, -0.2) is 9.97 Å². The Balaban J connectivity index is 2.15. The number of rotatable bonds is 3. The molecule has 0 aliphatic rings. The maximum Gasteiger partial charge on any atom is 0.168 e. The quantitative estimate of drug-likeness (QED) is 0.906. The fraction of sp³-hybridized carbons (Fsp3) is 0.214. The number of para-hydroxylation sites is 1. The van der Waals surface area contributed by atoms with Crippen molar-refractivity contribution in [3.05, 3.63) is 46.9 Å². The number of benzene rings is 1. The van der Waals surface area contributed by atoms with Crippen LogP contribution in [0.1, 0.15) is 22.5 Å². The number of ether oxygens (including phenoxy) is 1. The molecule has 0 fully saturated rings. The summed E-state index contributed by atoms with van der Waals surface area (Å²) in [5.41, 5.74) is 8.02.